The lowest BCUT2D eigenvalue weighted by atomic mass is 9.98. The number of carbonyl (C=O) groups is 2. The van der Waals surface area contributed by atoms with Gasteiger partial charge in [-0.05, 0) is 51.4 Å². The molecule has 7 N–H and O–H groups in total. The highest BCUT2D eigenvalue weighted by Crippen LogP contribution is 2.27. The van der Waals surface area contributed by atoms with Crippen LogP contribution < -0.4 is 0 Å². The Labute approximate surface area is 458 Å². The van der Waals surface area contributed by atoms with Gasteiger partial charge < -0.3 is 64.2 Å². The first-order valence-electron chi connectivity index (χ1n) is 29.9. The molecule has 0 bridgehead atoms. The molecule has 0 spiro atoms. The molecule has 15 heteroatoms. The van der Waals surface area contributed by atoms with Crippen LogP contribution in [0.25, 0.3) is 0 Å². The summed E-state index contributed by atoms with van der Waals surface area (Å²) in [7, 11) is 0. The van der Waals surface area contributed by atoms with Crippen molar-refractivity contribution in [3.63, 3.8) is 0 Å². The molecule has 2 fully saturated rings. The van der Waals surface area contributed by atoms with Crippen LogP contribution in [-0.2, 0) is 38.0 Å². The molecule has 0 aromatic carbocycles. The van der Waals surface area contributed by atoms with Crippen molar-refractivity contribution >= 4 is 11.9 Å². The zero-order chi connectivity index (χ0) is 55.3. The van der Waals surface area contributed by atoms with Gasteiger partial charge >= 0.3 is 11.9 Å². The van der Waals surface area contributed by atoms with Crippen LogP contribution in [0.2, 0.25) is 0 Å². The van der Waals surface area contributed by atoms with E-state index in [4.69, 9.17) is 28.4 Å². The number of esters is 2. The molecule has 11 atom stereocenters. The number of ether oxygens (including phenoxy) is 6. The Morgan fingerprint density at radius 2 is 0.816 bits per heavy atom. The van der Waals surface area contributed by atoms with E-state index in [-0.39, 0.29) is 19.4 Å². The van der Waals surface area contributed by atoms with Crippen LogP contribution in [0, 0.1) is 0 Å². The van der Waals surface area contributed by atoms with Crippen LogP contribution in [0.4, 0.5) is 0 Å². The van der Waals surface area contributed by atoms with E-state index in [1.165, 1.54) is 128 Å². The topological polar surface area (TPSA) is 231 Å². The standard InChI is InChI=1S/C61H106O15/c1-3-5-7-9-11-13-15-17-19-21-23-24-26-28-30-32-34-36-38-40-42-44-53(64)74-49(46-71-52(63)43-41-39-37-35-33-31-29-27-25-22-20-18-16-14-12-10-8-6-4-2)47-72-60-59(70)57(68)55(66)51(76-60)48-73-61-58(69)56(67)54(65)50(45-62)75-61/h12,14,18,20,25,27,31,33,37,39,49-51,54-62,65-70H,3-11,13,15-17,19,21-24,26,28-30,32,34-36,38,40-48H2,1-2H3/b14-12+,20-18+,27-25+,33-31+,39-37+/t49-,50+,51+,54-,55-,56?,57?,58?,59?,60+,61+/m1/s1. The summed E-state index contributed by atoms with van der Waals surface area (Å²) in [5, 5.41) is 72.3. The van der Waals surface area contributed by atoms with Crippen LogP contribution in [0.1, 0.15) is 219 Å². The van der Waals surface area contributed by atoms with Gasteiger partial charge in [0, 0.05) is 12.8 Å². The van der Waals surface area contributed by atoms with E-state index in [0.717, 1.165) is 51.4 Å². The highest BCUT2D eigenvalue weighted by Gasteiger charge is 2.47. The molecule has 0 radical (unpaired) electrons. The molecule has 4 unspecified atom stereocenters. The van der Waals surface area contributed by atoms with Crippen molar-refractivity contribution in [3.8, 4) is 0 Å². The average molecular weight is 1080 g/mol. The number of rotatable bonds is 47. The minimum absolute atomic E-state index is 0.0940. The molecule has 2 aliphatic heterocycles. The molecule has 2 rings (SSSR count). The molecule has 0 aromatic heterocycles. The van der Waals surface area contributed by atoms with Gasteiger partial charge in [-0.15, -0.1) is 0 Å². The molecule has 0 saturated carbocycles. The van der Waals surface area contributed by atoms with Gasteiger partial charge in [-0.25, -0.2) is 0 Å². The predicted octanol–water partition coefficient (Wildman–Crippen LogP) is 10.4. The van der Waals surface area contributed by atoms with Crippen LogP contribution in [0.3, 0.4) is 0 Å². The minimum atomic E-state index is -1.78. The summed E-state index contributed by atoms with van der Waals surface area (Å²) in [6.45, 7) is 2.52. The predicted molar refractivity (Wildman–Crippen MR) is 298 cm³/mol. The van der Waals surface area contributed by atoms with Crippen LogP contribution in [0.15, 0.2) is 60.8 Å². The fourth-order valence-electron chi connectivity index (χ4n) is 9.14. The van der Waals surface area contributed by atoms with E-state index in [0.29, 0.717) is 12.8 Å². The molecular weight excluding hydrogens is 973 g/mol. The summed E-state index contributed by atoms with van der Waals surface area (Å²) in [5.41, 5.74) is 0. The molecule has 2 aliphatic rings. The number of allylic oxidation sites excluding steroid dienone is 10. The molecule has 0 amide bonds. The molecule has 76 heavy (non-hydrogen) atoms. The smallest absolute Gasteiger partial charge is 0.306 e. The summed E-state index contributed by atoms with van der Waals surface area (Å²) >= 11 is 0. The molecule has 15 nitrogen and oxygen atoms in total. The van der Waals surface area contributed by atoms with E-state index in [1.807, 2.05) is 12.2 Å². The lowest BCUT2D eigenvalue weighted by molar-refractivity contribution is -0.332. The monoisotopic (exact) mass is 1080 g/mol. The normalized spacial score (nSPS) is 24.8. The maximum Gasteiger partial charge on any atom is 0.306 e. The lowest BCUT2D eigenvalue weighted by Gasteiger charge is -2.42. The Morgan fingerprint density at radius 1 is 0.421 bits per heavy atom. The summed E-state index contributed by atoms with van der Waals surface area (Å²) in [6, 6.07) is 0. The Kier molecular flexibility index (Phi) is 42.9. The third-order valence-corrected chi connectivity index (χ3v) is 14.0. The number of carbonyl (C=O) groups excluding carboxylic acids is 2. The molecular formula is C61H106O15. The average Bonchev–Trinajstić information content (AvgIpc) is 3.42. The largest absolute Gasteiger partial charge is 0.462 e. The summed E-state index contributed by atoms with van der Waals surface area (Å²) in [4.78, 5) is 25.9. The molecule has 0 aromatic rings. The fraction of sp³-hybridized carbons (Fsp3) is 0.803. The third kappa shape index (κ3) is 33.6. The van der Waals surface area contributed by atoms with Gasteiger partial charge in [0.25, 0.3) is 0 Å². The van der Waals surface area contributed by atoms with Gasteiger partial charge in [-0.2, -0.15) is 0 Å². The van der Waals surface area contributed by atoms with E-state index in [2.05, 4.69) is 62.5 Å². The molecule has 2 heterocycles. The number of hydrogen-bond donors (Lipinski definition) is 7. The van der Waals surface area contributed by atoms with Crippen molar-refractivity contribution in [1.82, 2.24) is 0 Å². The van der Waals surface area contributed by atoms with E-state index < -0.39 is 99.3 Å². The number of unbranched alkanes of at least 4 members (excludes halogenated alkanes) is 23. The van der Waals surface area contributed by atoms with Gasteiger partial charge in [0.1, 0.15) is 55.4 Å². The van der Waals surface area contributed by atoms with Crippen LogP contribution >= 0.6 is 0 Å². The first kappa shape index (κ1) is 69.3. The summed E-state index contributed by atoms with van der Waals surface area (Å²) in [6.07, 6.45) is 39.7. The lowest BCUT2D eigenvalue weighted by Crippen LogP contribution is -2.61. The second-order valence-corrected chi connectivity index (χ2v) is 20.8. The van der Waals surface area contributed by atoms with Crippen molar-refractivity contribution in [2.45, 2.75) is 287 Å². The van der Waals surface area contributed by atoms with Crippen molar-refractivity contribution in [3.05, 3.63) is 60.8 Å². The Balaban J connectivity index is 1.77. The van der Waals surface area contributed by atoms with Gasteiger partial charge in [0.2, 0.25) is 0 Å². The zero-order valence-electron chi connectivity index (χ0n) is 47.0. The Bertz CT molecular complexity index is 1550. The van der Waals surface area contributed by atoms with E-state index in [9.17, 15) is 45.3 Å². The van der Waals surface area contributed by atoms with Crippen LogP contribution in [0.5, 0.6) is 0 Å². The Morgan fingerprint density at radius 3 is 1.29 bits per heavy atom. The van der Waals surface area contributed by atoms with Crippen molar-refractivity contribution in [1.29, 1.82) is 0 Å². The first-order valence-corrected chi connectivity index (χ1v) is 29.9. The number of hydrogen-bond acceptors (Lipinski definition) is 15. The van der Waals surface area contributed by atoms with E-state index in [1.54, 1.807) is 0 Å². The second-order valence-electron chi connectivity index (χ2n) is 20.8. The van der Waals surface area contributed by atoms with Gasteiger partial charge in [-0.1, -0.05) is 216 Å². The maximum atomic E-state index is 13.1. The van der Waals surface area contributed by atoms with Gasteiger partial charge in [0.05, 0.1) is 19.8 Å². The SMILES string of the molecule is CCCCC/C=C/C/C=C/C/C=C/C/C=C/C/C=C/CCC(=O)OC[C@H](CO[C@H]1O[C@@H](CO[C@H]2O[C@@H](CO)[C@@H](O)C(O)C2O)[C@@H](O)C(O)C1O)OC(=O)CCCCCCCCCCCCCCCCCCCCCCC. The van der Waals surface area contributed by atoms with Gasteiger partial charge in [0.15, 0.2) is 18.7 Å². The molecule has 440 valence electrons. The zero-order valence-corrected chi connectivity index (χ0v) is 47.0. The quantitative estimate of drug-likeness (QED) is 0.0171. The Hall–Kier alpha value is -2.80. The summed E-state index contributed by atoms with van der Waals surface area (Å²) in [5.74, 6) is -1.01. The highest BCUT2D eigenvalue weighted by atomic mass is 16.7. The second kappa shape index (κ2) is 47.1. The van der Waals surface area contributed by atoms with Crippen molar-refractivity contribution < 1.29 is 73.8 Å². The maximum absolute atomic E-state index is 13.1. The fourth-order valence-corrected chi connectivity index (χ4v) is 9.14. The first-order chi connectivity index (χ1) is 37.0. The highest BCUT2D eigenvalue weighted by molar-refractivity contribution is 5.70. The molecule has 2 saturated heterocycles. The number of aliphatic hydroxyl groups is 7. The number of aliphatic hydroxyl groups excluding tert-OH is 7. The van der Waals surface area contributed by atoms with Gasteiger partial charge in [-0.3, -0.25) is 9.59 Å². The molecule has 0 aliphatic carbocycles. The summed E-state index contributed by atoms with van der Waals surface area (Å²) < 4.78 is 33.6. The van der Waals surface area contributed by atoms with E-state index >= 15 is 0 Å². The van der Waals surface area contributed by atoms with Crippen molar-refractivity contribution in [2.75, 3.05) is 26.4 Å². The van der Waals surface area contributed by atoms with Crippen molar-refractivity contribution in [2.24, 2.45) is 0 Å². The minimum Gasteiger partial charge on any atom is -0.462 e. The third-order valence-electron chi connectivity index (χ3n) is 14.0. The van der Waals surface area contributed by atoms with Crippen LogP contribution in [-0.4, -0.2) is 142 Å².